The number of aliphatic hydroxyl groups excluding tert-OH is 1. The van der Waals surface area contributed by atoms with Gasteiger partial charge in [0.2, 0.25) is 0 Å². The Balaban J connectivity index is 1.79. The van der Waals surface area contributed by atoms with Crippen LogP contribution in [-0.2, 0) is 6.54 Å². The van der Waals surface area contributed by atoms with Crippen LogP contribution in [-0.4, -0.2) is 21.3 Å². The van der Waals surface area contributed by atoms with E-state index in [1.54, 1.807) is 18.2 Å². The van der Waals surface area contributed by atoms with Crippen molar-refractivity contribution in [1.29, 1.82) is 0 Å². The Kier molecular flexibility index (Phi) is 5.10. The molecule has 0 saturated carbocycles. The number of nitrogens with one attached hydrogen (secondary N) is 2. The molecule has 1 atom stereocenters. The summed E-state index contributed by atoms with van der Waals surface area (Å²) in [6.45, 7) is 3.90. The summed E-state index contributed by atoms with van der Waals surface area (Å²) in [5, 5.41) is 21.0. The van der Waals surface area contributed by atoms with Crippen LogP contribution in [0.15, 0.2) is 42.7 Å². The van der Waals surface area contributed by atoms with Crippen molar-refractivity contribution >= 4 is 34.7 Å². The highest BCUT2D eigenvalue weighted by Crippen LogP contribution is 2.32. The van der Waals surface area contributed by atoms with E-state index < -0.39 is 12.7 Å². The smallest absolute Gasteiger partial charge is 0.280 e. The molecule has 2 aromatic rings. The standard InChI is InChI=1S/C16H14Cl2F2N4O/c1-8-4-13(14(19)20)24-15(23-8)11(7-22-24)16(25)21-6-9-2-3-10(17)5-12(9)18/h2-5,7,14,16,21,23,25H,1,6H2. The van der Waals surface area contributed by atoms with E-state index in [2.05, 4.69) is 22.3 Å². The Morgan fingerprint density at radius 2 is 2.12 bits per heavy atom. The number of nitrogens with zero attached hydrogens (tertiary/aromatic N) is 2. The molecule has 0 bridgehead atoms. The van der Waals surface area contributed by atoms with Gasteiger partial charge in [-0.25, -0.2) is 13.5 Å². The molecule has 3 N–H and O–H groups in total. The highest BCUT2D eigenvalue weighted by Gasteiger charge is 2.26. The Hall–Kier alpha value is -1.93. The summed E-state index contributed by atoms with van der Waals surface area (Å²) in [6, 6.07) is 5.01. The Labute approximate surface area is 152 Å². The molecule has 1 unspecified atom stereocenters. The second-order valence-corrected chi connectivity index (χ2v) is 6.24. The maximum absolute atomic E-state index is 13.1. The molecule has 9 heteroatoms. The van der Waals surface area contributed by atoms with Crippen LogP contribution in [0.1, 0.15) is 17.4 Å². The molecule has 0 saturated heterocycles. The van der Waals surface area contributed by atoms with Crippen LogP contribution in [0.25, 0.3) is 5.70 Å². The molecular weight excluding hydrogens is 373 g/mol. The van der Waals surface area contributed by atoms with Crippen LogP contribution in [0.2, 0.25) is 10.0 Å². The van der Waals surface area contributed by atoms with Crippen LogP contribution in [0.3, 0.4) is 0 Å². The molecule has 132 valence electrons. The Morgan fingerprint density at radius 3 is 2.80 bits per heavy atom. The maximum atomic E-state index is 13.1. The summed E-state index contributed by atoms with van der Waals surface area (Å²) in [4.78, 5) is 0. The Bertz CT molecular complexity index is 851. The number of alkyl halides is 2. The summed E-state index contributed by atoms with van der Waals surface area (Å²) in [5.74, 6) is 0.241. The number of benzene rings is 1. The van der Waals surface area contributed by atoms with Gasteiger partial charge in [0.05, 0.1) is 11.8 Å². The molecule has 2 heterocycles. The second kappa shape index (κ2) is 7.13. The average Bonchev–Trinajstić information content (AvgIpc) is 2.96. The molecule has 0 amide bonds. The first kappa shape index (κ1) is 17.9. The summed E-state index contributed by atoms with van der Waals surface area (Å²) < 4.78 is 27.3. The Morgan fingerprint density at radius 1 is 1.36 bits per heavy atom. The van der Waals surface area contributed by atoms with Crippen molar-refractivity contribution in [1.82, 2.24) is 15.1 Å². The van der Waals surface area contributed by atoms with Crippen LogP contribution in [0.5, 0.6) is 0 Å². The van der Waals surface area contributed by atoms with E-state index in [1.807, 2.05) is 0 Å². The lowest BCUT2D eigenvalue weighted by Gasteiger charge is -2.21. The van der Waals surface area contributed by atoms with Gasteiger partial charge in [-0.15, -0.1) is 0 Å². The van der Waals surface area contributed by atoms with Crippen molar-refractivity contribution in [3.8, 4) is 0 Å². The van der Waals surface area contributed by atoms with Crippen molar-refractivity contribution in [3.63, 3.8) is 0 Å². The molecular formula is C16H14Cl2F2N4O. The normalized spacial score (nSPS) is 15.0. The molecule has 1 aliphatic heterocycles. The van der Waals surface area contributed by atoms with Gasteiger partial charge >= 0.3 is 0 Å². The summed E-state index contributed by atoms with van der Waals surface area (Å²) >= 11 is 11.9. The van der Waals surface area contributed by atoms with E-state index in [0.717, 1.165) is 10.2 Å². The minimum Gasteiger partial charge on any atom is -0.374 e. The lowest BCUT2D eigenvalue weighted by Crippen LogP contribution is -2.23. The first-order chi connectivity index (χ1) is 11.9. The second-order valence-electron chi connectivity index (χ2n) is 5.40. The number of aliphatic hydroxyl groups is 1. The van der Waals surface area contributed by atoms with Crippen molar-refractivity contribution in [2.45, 2.75) is 19.2 Å². The van der Waals surface area contributed by atoms with E-state index >= 15 is 0 Å². The molecule has 1 aliphatic rings. The predicted octanol–water partition coefficient (Wildman–Crippen LogP) is 4.02. The van der Waals surface area contributed by atoms with Gasteiger partial charge in [0, 0.05) is 22.3 Å². The molecule has 0 spiro atoms. The average molecular weight is 387 g/mol. The molecule has 1 aromatic carbocycles. The number of allylic oxidation sites excluding steroid dienone is 2. The molecule has 0 aliphatic carbocycles. The number of hydrogen-bond donors (Lipinski definition) is 3. The van der Waals surface area contributed by atoms with E-state index in [0.29, 0.717) is 15.6 Å². The summed E-state index contributed by atoms with van der Waals surface area (Å²) in [5.41, 5.74) is 1.03. The predicted molar refractivity (Wildman–Crippen MR) is 93.5 cm³/mol. The number of halogens is 4. The highest BCUT2D eigenvalue weighted by molar-refractivity contribution is 6.35. The zero-order chi connectivity index (χ0) is 18.1. The zero-order valence-electron chi connectivity index (χ0n) is 12.8. The quantitative estimate of drug-likeness (QED) is 0.679. The zero-order valence-corrected chi connectivity index (χ0v) is 14.3. The third-order valence-electron chi connectivity index (χ3n) is 3.66. The summed E-state index contributed by atoms with van der Waals surface area (Å²) in [6.07, 6.45) is -1.34. The number of fused-ring (bicyclic) bond motifs is 1. The van der Waals surface area contributed by atoms with Gasteiger partial charge in [0.15, 0.2) is 0 Å². The fraction of sp³-hybridized carbons (Fsp3) is 0.188. The van der Waals surface area contributed by atoms with E-state index in [4.69, 9.17) is 23.2 Å². The van der Waals surface area contributed by atoms with Crippen LogP contribution >= 0.6 is 23.2 Å². The van der Waals surface area contributed by atoms with E-state index in [1.165, 1.54) is 12.3 Å². The lowest BCUT2D eigenvalue weighted by molar-refractivity contribution is 0.138. The SMILES string of the molecule is C=C1C=C(C(F)F)n2ncc(C(O)NCc3ccc(Cl)cc3Cl)c2N1. The van der Waals surface area contributed by atoms with Gasteiger partial charge in [0.1, 0.15) is 17.7 Å². The fourth-order valence-electron chi connectivity index (χ4n) is 2.45. The highest BCUT2D eigenvalue weighted by atomic mass is 35.5. The van der Waals surface area contributed by atoms with Crippen LogP contribution in [0.4, 0.5) is 14.6 Å². The van der Waals surface area contributed by atoms with E-state index in [9.17, 15) is 13.9 Å². The van der Waals surface area contributed by atoms with Crippen LogP contribution in [0, 0.1) is 0 Å². The minimum atomic E-state index is -2.72. The van der Waals surface area contributed by atoms with Crippen molar-refractivity contribution in [2.24, 2.45) is 0 Å². The first-order valence-electron chi connectivity index (χ1n) is 7.26. The van der Waals surface area contributed by atoms with E-state index in [-0.39, 0.29) is 23.8 Å². The molecule has 25 heavy (non-hydrogen) atoms. The van der Waals surface area contributed by atoms with Crippen LogP contribution < -0.4 is 10.6 Å². The maximum Gasteiger partial charge on any atom is 0.280 e. The molecule has 3 rings (SSSR count). The van der Waals surface area contributed by atoms with Crippen molar-refractivity contribution in [3.05, 3.63) is 63.9 Å². The minimum absolute atomic E-state index is 0.241. The molecule has 1 aromatic heterocycles. The van der Waals surface area contributed by atoms with Gasteiger partial charge in [-0.1, -0.05) is 35.8 Å². The third kappa shape index (κ3) is 3.69. The third-order valence-corrected chi connectivity index (χ3v) is 4.25. The monoisotopic (exact) mass is 386 g/mol. The van der Waals surface area contributed by atoms with Gasteiger partial charge in [0.25, 0.3) is 6.43 Å². The number of hydrogen-bond acceptors (Lipinski definition) is 4. The van der Waals surface area contributed by atoms with Crippen molar-refractivity contribution in [2.75, 3.05) is 5.32 Å². The van der Waals surface area contributed by atoms with Gasteiger partial charge in [-0.3, -0.25) is 5.32 Å². The first-order valence-corrected chi connectivity index (χ1v) is 8.01. The summed E-state index contributed by atoms with van der Waals surface area (Å²) in [7, 11) is 0. The lowest BCUT2D eigenvalue weighted by atomic mass is 10.2. The van der Waals surface area contributed by atoms with Gasteiger partial charge < -0.3 is 10.4 Å². The molecule has 5 nitrogen and oxygen atoms in total. The number of anilines is 1. The molecule has 0 radical (unpaired) electrons. The number of aromatic nitrogens is 2. The molecule has 0 fully saturated rings. The van der Waals surface area contributed by atoms with Crippen molar-refractivity contribution < 1.29 is 13.9 Å². The number of rotatable bonds is 5. The van der Waals surface area contributed by atoms with Gasteiger partial charge in [-0.2, -0.15) is 5.10 Å². The van der Waals surface area contributed by atoms with Gasteiger partial charge in [-0.05, 0) is 23.8 Å². The topological polar surface area (TPSA) is 62.1 Å². The fourth-order valence-corrected chi connectivity index (χ4v) is 2.92. The largest absolute Gasteiger partial charge is 0.374 e.